The van der Waals surface area contributed by atoms with E-state index in [0.29, 0.717) is 6.07 Å². The normalized spacial score (nSPS) is 23.7. The lowest BCUT2D eigenvalue weighted by atomic mass is 9.83. The van der Waals surface area contributed by atoms with Gasteiger partial charge in [-0.2, -0.15) is 0 Å². The molecule has 1 aromatic rings. The molecule has 16 heavy (non-hydrogen) atoms. The summed E-state index contributed by atoms with van der Waals surface area (Å²) in [7, 11) is 0. The zero-order chi connectivity index (χ0) is 11.9. The highest BCUT2D eigenvalue weighted by Gasteiger charge is 2.37. The van der Waals surface area contributed by atoms with Crippen LogP contribution in [0.15, 0.2) is 12.1 Å². The fraction of sp³-hybridized carbons (Fsp3) is 0.500. The van der Waals surface area contributed by atoms with Crippen molar-refractivity contribution in [1.82, 2.24) is 5.32 Å². The van der Waals surface area contributed by atoms with Gasteiger partial charge in [-0.25, -0.2) is 13.2 Å². The Hall–Kier alpha value is -1.03. The minimum absolute atomic E-state index is 0.123. The molecule has 1 N–H and O–H groups in total. The zero-order valence-corrected chi connectivity index (χ0v) is 9.28. The quantitative estimate of drug-likeness (QED) is 0.730. The summed E-state index contributed by atoms with van der Waals surface area (Å²) in [6, 6.07) is 1.60. The molecule has 1 unspecified atom stereocenters. The highest BCUT2D eigenvalue weighted by atomic mass is 19.2. The molecule has 0 spiro atoms. The van der Waals surface area contributed by atoms with Gasteiger partial charge in [-0.1, -0.05) is 0 Å². The second-order valence-electron chi connectivity index (χ2n) is 4.78. The lowest BCUT2D eigenvalue weighted by Gasteiger charge is -2.27. The van der Waals surface area contributed by atoms with Gasteiger partial charge in [0.1, 0.15) is 5.82 Å². The highest BCUT2D eigenvalue weighted by molar-refractivity contribution is 5.28. The van der Waals surface area contributed by atoms with Crippen LogP contribution in [-0.4, -0.2) is 12.1 Å². The number of rotatable bonds is 1. The Bertz CT molecular complexity index is 415. The molecule has 2 rings (SSSR count). The Kier molecular flexibility index (Phi) is 2.70. The number of hydrogen-bond donors (Lipinski definition) is 1. The molecule has 1 atom stereocenters. The number of halogens is 3. The van der Waals surface area contributed by atoms with Gasteiger partial charge in [0.2, 0.25) is 0 Å². The van der Waals surface area contributed by atoms with Crippen LogP contribution in [0.25, 0.3) is 0 Å². The van der Waals surface area contributed by atoms with Crippen LogP contribution in [0.2, 0.25) is 0 Å². The van der Waals surface area contributed by atoms with Crippen molar-refractivity contribution < 1.29 is 13.2 Å². The lowest BCUT2D eigenvalue weighted by Crippen LogP contribution is -2.37. The van der Waals surface area contributed by atoms with E-state index in [1.54, 1.807) is 0 Å². The molecule has 0 aliphatic carbocycles. The summed E-state index contributed by atoms with van der Waals surface area (Å²) in [5, 5.41) is 3.22. The van der Waals surface area contributed by atoms with E-state index >= 15 is 0 Å². The van der Waals surface area contributed by atoms with Gasteiger partial charge in [-0.15, -0.1) is 0 Å². The highest BCUT2D eigenvalue weighted by Crippen LogP contribution is 2.37. The second-order valence-corrected chi connectivity index (χ2v) is 4.78. The van der Waals surface area contributed by atoms with Gasteiger partial charge in [-0.3, -0.25) is 0 Å². The summed E-state index contributed by atoms with van der Waals surface area (Å²) in [6.07, 6.45) is 0.731. The molecule has 0 radical (unpaired) electrons. The van der Waals surface area contributed by atoms with Crippen LogP contribution < -0.4 is 5.32 Å². The van der Waals surface area contributed by atoms with Crippen molar-refractivity contribution in [2.24, 2.45) is 0 Å². The number of benzene rings is 1. The molecule has 1 heterocycles. The molecular formula is C12H14F3N. The van der Waals surface area contributed by atoms with E-state index in [1.165, 1.54) is 0 Å². The molecule has 1 fully saturated rings. The molecular weight excluding hydrogens is 215 g/mol. The van der Waals surface area contributed by atoms with Gasteiger partial charge in [0.15, 0.2) is 11.6 Å². The van der Waals surface area contributed by atoms with Crippen molar-refractivity contribution in [1.29, 1.82) is 0 Å². The fourth-order valence-corrected chi connectivity index (χ4v) is 2.37. The van der Waals surface area contributed by atoms with Gasteiger partial charge in [0.25, 0.3) is 0 Å². The summed E-state index contributed by atoms with van der Waals surface area (Å²) < 4.78 is 39.5. The maximum absolute atomic E-state index is 13.6. The van der Waals surface area contributed by atoms with Crippen LogP contribution in [0.1, 0.15) is 31.7 Å². The van der Waals surface area contributed by atoms with Crippen molar-refractivity contribution >= 4 is 0 Å². The van der Waals surface area contributed by atoms with Gasteiger partial charge in [0.05, 0.1) is 0 Å². The monoisotopic (exact) mass is 229 g/mol. The summed E-state index contributed by atoms with van der Waals surface area (Å²) >= 11 is 0. The first kappa shape index (κ1) is 11.5. The van der Waals surface area contributed by atoms with Crippen molar-refractivity contribution in [2.45, 2.75) is 31.7 Å². The minimum Gasteiger partial charge on any atom is -0.311 e. The average molecular weight is 229 g/mol. The largest absolute Gasteiger partial charge is 0.311 e. The second kappa shape index (κ2) is 3.77. The van der Waals surface area contributed by atoms with E-state index in [1.807, 2.05) is 13.8 Å². The van der Waals surface area contributed by atoms with E-state index in [2.05, 4.69) is 5.32 Å². The lowest BCUT2D eigenvalue weighted by molar-refractivity contribution is 0.395. The molecule has 4 heteroatoms. The summed E-state index contributed by atoms with van der Waals surface area (Å²) in [5.74, 6) is -2.91. The van der Waals surface area contributed by atoms with Crippen LogP contribution in [0.4, 0.5) is 13.2 Å². The SMILES string of the molecule is CC1(C)NCCC1c1cc(F)c(F)cc1F. The van der Waals surface area contributed by atoms with Crippen LogP contribution in [0, 0.1) is 17.5 Å². The third-order valence-corrected chi connectivity index (χ3v) is 3.30. The average Bonchev–Trinajstić information content (AvgIpc) is 2.52. The first-order valence-electron chi connectivity index (χ1n) is 5.31. The van der Waals surface area contributed by atoms with E-state index in [-0.39, 0.29) is 17.0 Å². The molecule has 0 bridgehead atoms. The zero-order valence-electron chi connectivity index (χ0n) is 9.28. The molecule has 1 aliphatic rings. The van der Waals surface area contributed by atoms with Crippen LogP contribution in [-0.2, 0) is 0 Å². The van der Waals surface area contributed by atoms with Crippen molar-refractivity contribution in [3.63, 3.8) is 0 Å². The molecule has 1 aromatic carbocycles. The molecule has 1 nitrogen and oxygen atoms in total. The van der Waals surface area contributed by atoms with Gasteiger partial charge in [-0.05, 0) is 38.4 Å². The Morgan fingerprint density at radius 3 is 2.31 bits per heavy atom. The van der Waals surface area contributed by atoms with Crippen molar-refractivity contribution in [2.75, 3.05) is 6.54 Å². The molecule has 0 aromatic heterocycles. The molecule has 1 aliphatic heterocycles. The first-order chi connectivity index (χ1) is 7.42. The Morgan fingerprint density at radius 1 is 1.12 bits per heavy atom. The maximum atomic E-state index is 13.6. The predicted octanol–water partition coefficient (Wildman–Crippen LogP) is 2.96. The number of nitrogens with one attached hydrogen (secondary N) is 1. The molecule has 1 saturated heterocycles. The van der Waals surface area contributed by atoms with Crippen LogP contribution >= 0.6 is 0 Å². The molecule has 0 amide bonds. The van der Waals surface area contributed by atoms with E-state index < -0.39 is 17.5 Å². The minimum atomic E-state index is -1.13. The summed E-state index contributed by atoms with van der Waals surface area (Å²) in [5.41, 5.74) is -0.0284. The standard InChI is InChI=1S/C12H14F3N/c1-12(2)8(3-4-16-12)7-5-10(14)11(15)6-9(7)13/h5-6,8,16H,3-4H2,1-2H3. The Labute approximate surface area is 92.7 Å². The summed E-state index contributed by atoms with van der Waals surface area (Å²) in [6.45, 7) is 4.63. The molecule has 0 saturated carbocycles. The first-order valence-corrected chi connectivity index (χ1v) is 5.31. The fourth-order valence-electron chi connectivity index (χ4n) is 2.37. The van der Waals surface area contributed by atoms with Crippen molar-refractivity contribution in [3.05, 3.63) is 35.1 Å². The Balaban J connectivity index is 2.44. The topological polar surface area (TPSA) is 12.0 Å². The third-order valence-electron chi connectivity index (χ3n) is 3.30. The van der Waals surface area contributed by atoms with Gasteiger partial charge >= 0.3 is 0 Å². The molecule has 88 valence electrons. The smallest absolute Gasteiger partial charge is 0.161 e. The Morgan fingerprint density at radius 2 is 1.75 bits per heavy atom. The van der Waals surface area contributed by atoms with E-state index in [4.69, 9.17) is 0 Å². The summed E-state index contributed by atoms with van der Waals surface area (Å²) in [4.78, 5) is 0. The van der Waals surface area contributed by atoms with Gasteiger partial charge in [0, 0.05) is 17.5 Å². The van der Waals surface area contributed by atoms with E-state index in [0.717, 1.165) is 19.0 Å². The van der Waals surface area contributed by atoms with Gasteiger partial charge < -0.3 is 5.32 Å². The maximum Gasteiger partial charge on any atom is 0.161 e. The third kappa shape index (κ3) is 1.82. The van der Waals surface area contributed by atoms with Crippen LogP contribution in [0.3, 0.4) is 0 Å². The van der Waals surface area contributed by atoms with Crippen LogP contribution in [0.5, 0.6) is 0 Å². The number of hydrogen-bond acceptors (Lipinski definition) is 1. The van der Waals surface area contributed by atoms with Crippen molar-refractivity contribution in [3.8, 4) is 0 Å². The van der Waals surface area contributed by atoms with E-state index in [9.17, 15) is 13.2 Å². The predicted molar refractivity (Wildman–Crippen MR) is 55.8 cm³/mol.